The molecule has 1 aromatic heterocycles. The van der Waals surface area contributed by atoms with Crippen LogP contribution in [0, 0.1) is 11.3 Å². The Labute approximate surface area is 65.3 Å². The number of nitriles is 1. The van der Waals surface area contributed by atoms with Gasteiger partial charge in [-0.3, -0.25) is 0 Å². The van der Waals surface area contributed by atoms with Gasteiger partial charge in [-0.15, -0.1) is 0 Å². The molecule has 4 heteroatoms. The lowest BCUT2D eigenvalue weighted by Crippen LogP contribution is -2.02. The smallest absolute Gasteiger partial charge is 0.111 e. The van der Waals surface area contributed by atoms with Crippen molar-refractivity contribution in [1.29, 1.82) is 5.26 Å². The van der Waals surface area contributed by atoms with Crippen LogP contribution >= 0.6 is 0 Å². The van der Waals surface area contributed by atoms with Crippen LogP contribution in [0.4, 0.5) is 0 Å². The summed E-state index contributed by atoms with van der Waals surface area (Å²) in [5, 5.41) is 8.34. The number of hydrogen-bond acceptors (Lipinski definition) is 3. The molecule has 0 unspecified atom stereocenters. The van der Waals surface area contributed by atoms with Crippen molar-refractivity contribution in [2.45, 2.75) is 13.0 Å². The van der Waals surface area contributed by atoms with E-state index in [2.05, 4.69) is 4.98 Å². The van der Waals surface area contributed by atoms with Gasteiger partial charge in [0, 0.05) is 12.6 Å². The van der Waals surface area contributed by atoms with Gasteiger partial charge in [-0.1, -0.05) is 0 Å². The van der Waals surface area contributed by atoms with Crippen LogP contribution in [0.1, 0.15) is 5.69 Å². The van der Waals surface area contributed by atoms with E-state index < -0.39 is 0 Å². The standard InChI is InChI=1S/C7H10N4/c8-2-1-7-5-11(4-3-9)6-10-7/h5-6H,1-2,4,8H2. The molecule has 1 aromatic rings. The minimum absolute atomic E-state index is 0.359. The summed E-state index contributed by atoms with van der Waals surface area (Å²) >= 11 is 0. The van der Waals surface area contributed by atoms with Crippen molar-refractivity contribution in [3.63, 3.8) is 0 Å². The molecule has 0 aliphatic rings. The lowest BCUT2D eigenvalue weighted by molar-refractivity contribution is 0.828. The second kappa shape index (κ2) is 3.74. The van der Waals surface area contributed by atoms with Crippen LogP contribution in [0.3, 0.4) is 0 Å². The first-order valence-electron chi connectivity index (χ1n) is 3.44. The first kappa shape index (κ1) is 7.76. The van der Waals surface area contributed by atoms with E-state index >= 15 is 0 Å². The second-order valence-electron chi connectivity index (χ2n) is 2.23. The highest BCUT2D eigenvalue weighted by Gasteiger charge is 1.95. The van der Waals surface area contributed by atoms with Crippen molar-refractivity contribution in [1.82, 2.24) is 9.55 Å². The fourth-order valence-corrected chi connectivity index (χ4v) is 0.851. The quantitative estimate of drug-likeness (QED) is 0.654. The van der Waals surface area contributed by atoms with E-state index in [0.29, 0.717) is 13.1 Å². The van der Waals surface area contributed by atoms with Crippen LogP contribution in [-0.4, -0.2) is 16.1 Å². The summed E-state index contributed by atoms with van der Waals surface area (Å²) in [6, 6.07) is 2.03. The molecule has 1 heterocycles. The molecule has 11 heavy (non-hydrogen) atoms. The molecular weight excluding hydrogens is 140 g/mol. The normalized spacial score (nSPS) is 9.45. The lowest BCUT2D eigenvalue weighted by Gasteiger charge is -1.89. The molecule has 0 radical (unpaired) electrons. The van der Waals surface area contributed by atoms with Crippen LogP contribution in [0.2, 0.25) is 0 Å². The molecule has 4 nitrogen and oxygen atoms in total. The van der Waals surface area contributed by atoms with Crippen molar-refractivity contribution in [3.8, 4) is 6.07 Å². The monoisotopic (exact) mass is 150 g/mol. The van der Waals surface area contributed by atoms with Crippen molar-refractivity contribution < 1.29 is 0 Å². The second-order valence-corrected chi connectivity index (χ2v) is 2.23. The largest absolute Gasteiger partial charge is 0.330 e. The summed E-state index contributed by atoms with van der Waals surface area (Å²) in [7, 11) is 0. The van der Waals surface area contributed by atoms with Crippen molar-refractivity contribution in [3.05, 3.63) is 18.2 Å². The van der Waals surface area contributed by atoms with Gasteiger partial charge in [0.2, 0.25) is 0 Å². The van der Waals surface area contributed by atoms with E-state index in [1.807, 2.05) is 12.3 Å². The Morgan fingerprint density at radius 2 is 2.55 bits per heavy atom. The van der Waals surface area contributed by atoms with E-state index in [9.17, 15) is 0 Å². The molecule has 0 aromatic carbocycles. The minimum Gasteiger partial charge on any atom is -0.330 e. The van der Waals surface area contributed by atoms with Gasteiger partial charge >= 0.3 is 0 Å². The number of aromatic nitrogens is 2. The fraction of sp³-hybridized carbons (Fsp3) is 0.429. The molecule has 0 amide bonds. The Morgan fingerprint density at radius 1 is 1.73 bits per heavy atom. The van der Waals surface area contributed by atoms with Gasteiger partial charge in [-0.25, -0.2) is 4.98 Å². The van der Waals surface area contributed by atoms with Gasteiger partial charge in [0.25, 0.3) is 0 Å². The Morgan fingerprint density at radius 3 is 3.18 bits per heavy atom. The van der Waals surface area contributed by atoms with Crippen LogP contribution in [0.25, 0.3) is 0 Å². The number of nitrogens with zero attached hydrogens (tertiary/aromatic N) is 3. The maximum Gasteiger partial charge on any atom is 0.111 e. The van der Waals surface area contributed by atoms with E-state index in [4.69, 9.17) is 11.0 Å². The van der Waals surface area contributed by atoms with E-state index in [0.717, 1.165) is 12.1 Å². The number of rotatable bonds is 3. The van der Waals surface area contributed by atoms with Gasteiger partial charge in [0.05, 0.1) is 18.1 Å². The molecule has 0 bridgehead atoms. The zero-order valence-corrected chi connectivity index (χ0v) is 6.20. The average Bonchev–Trinajstić information content (AvgIpc) is 2.38. The van der Waals surface area contributed by atoms with Gasteiger partial charge in [-0.05, 0) is 6.54 Å². The Kier molecular flexibility index (Phi) is 2.64. The Hall–Kier alpha value is -1.34. The molecule has 2 N–H and O–H groups in total. The number of imidazole rings is 1. The highest BCUT2D eigenvalue weighted by atomic mass is 15.0. The number of nitrogens with two attached hydrogens (primary N) is 1. The van der Waals surface area contributed by atoms with Crippen LogP contribution in [0.15, 0.2) is 12.5 Å². The van der Waals surface area contributed by atoms with Crippen LogP contribution in [-0.2, 0) is 13.0 Å². The average molecular weight is 150 g/mol. The molecule has 58 valence electrons. The van der Waals surface area contributed by atoms with Gasteiger partial charge in [0.15, 0.2) is 0 Å². The predicted octanol–water partition coefficient (Wildman–Crippen LogP) is -0.0921. The van der Waals surface area contributed by atoms with Gasteiger partial charge in [0.1, 0.15) is 6.54 Å². The first-order chi connectivity index (χ1) is 5.36. The zero-order chi connectivity index (χ0) is 8.10. The summed E-state index contributed by atoms with van der Waals surface area (Å²) in [6.07, 6.45) is 4.27. The lowest BCUT2D eigenvalue weighted by atomic mass is 10.3. The molecular formula is C7H10N4. The van der Waals surface area contributed by atoms with E-state index in [-0.39, 0.29) is 0 Å². The molecule has 0 saturated heterocycles. The Bertz CT molecular complexity index is 258. The topological polar surface area (TPSA) is 67.6 Å². The SMILES string of the molecule is N#CCn1cnc(CCN)c1. The maximum atomic E-state index is 8.34. The van der Waals surface area contributed by atoms with Gasteiger partial charge in [-0.2, -0.15) is 5.26 Å². The summed E-state index contributed by atoms with van der Waals surface area (Å²) in [5.74, 6) is 0. The maximum absolute atomic E-state index is 8.34. The highest BCUT2D eigenvalue weighted by molar-refractivity contribution is 4.98. The van der Waals surface area contributed by atoms with Gasteiger partial charge < -0.3 is 10.3 Å². The third kappa shape index (κ3) is 2.06. The van der Waals surface area contributed by atoms with Crippen LogP contribution < -0.4 is 5.73 Å². The third-order valence-corrected chi connectivity index (χ3v) is 1.34. The predicted molar refractivity (Wildman–Crippen MR) is 40.6 cm³/mol. The van der Waals surface area contributed by atoms with Crippen molar-refractivity contribution in [2.24, 2.45) is 5.73 Å². The number of hydrogen-bond donors (Lipinski definition) is 1. The minimum atomic E-state index is 0.359. The first-order valence-corrected chi connectivity index (χ1v) is 3.44. The summed E-state index contributed by atoms with van der Waals surface area (Å²) < 4.78 is 1.74. The van der Waals surface area contributed by atoms with E-state index in [1.54, 1.807) is 10.9 Å². The van der Waals surface area contributed by atoms with Crippen LogP contribution in [0.5, 0.6) is 0 Å². The molecule has 0 aliphatic heterocycles. The molecule has 0 saturated carbocycles. The molecule has 0 aliphatic carbocycles. The fourth-order valence-electron chi connectivity index (χ4n) is 0.851. The molecule has 0 atom stereocenters. The summed E-state index contributed by atoms with van der Waals surface area (Å²) in [5.41, 5.74) is 6.28. The van der Waals surface area contributed by atoms with Crippen molar-refractivity contribution >= 4 is 0 Å². The summed E-state index contributed by atoms with van der Waals surface area (Å²) in [4.78, 5) is 4.06. The highest BCUT2D eigenvalue weighted by Crippen LogP contribution is 1.95. The molecule has 0 spiro atoms. The summed E-state index contributed by atoms with van der Waals surface area (Å²) in [6.45, 7) is 0.959. The van der Waals surface area contributed by atoms with Crippen molar-refractivity contribution in [2.75, 3.05) is 6.54 Å². The molecule has 1 rings (SSSR count). The Balaban J connectivity index is 2.60. The molecule has 0 fully saturated rings. The zero-order valence-electron chi connectivity index (χ0n) is 6.20. The third-order valence-electron chi connectivity index (χ3n) is 1.34. The van der Waals surface area contributed by atoms with E-state index in [1.165, 1.54) is 0 Å².